The number of rotatable bonds is 4. The summed E-state index contributed by atoms with van der Waals surface area (Å²) in [6.45, 7) is 0.210. The molecule has 2 rings (SSSR count). The SMILES string of the molecule is Cn1ccc(COc2cc([N+](=O)[O-])ccc2Cl)n1. The summed E-state index contributed by atoms with van der Waals surface area (Å²) in [5.74, 6) is 0.275. The van der Waals surface area contributed by atoms with Crippen LogP contribution in [0.4, 0.5) is 5.69 Å². The minimum atomic E-state index is -0.496. The lowest BCUT2D eigenvalue weighted by atomic mass is 10.3. The second kappa shape index (κ2) is 5.05. The minimum Gasteiger partial charge on any atom is -0.485 e. The largest absolute Gasteiger partial charge is 0.485 e. The molecule has 2 aromatic rings. The van der Waals surface area contributed by atoms with Crippen LogP contribution in [-0.2, 0) is 13.7 Å². The highest BCUT2D eigenvalue weighted by Crippen LogP contribution is 2.29. The lowest BCUT2D eigenvalue weighted by Crippen LogP contribution is -1.99. The number of hydrogen-bond donors (Lipinski definition) is 0. The monoisotopic (exact) mass is 267 g/mol. The number of non-ortho nitro benzene ring substituents is 1. The molecule has 0 saturated carbocycles. The van der Waals surface area contributed by atoms with Crippen LogP contribution < -0.4 is 4.74 Å². The molecule has 0 spiro atoms. The molecule has 1 heterocycles. The van der Waals surface area contributed by atoms with Crippen LogP contribution in [-0.4, -0.2) is 14.7 Å². The molecule has 18 heavy (non-hydrogen) atoms. The molecule has 0 aliphatic heterocycles. The first kappa shape index (κ1) is 12.4. The molecule has 7 heteroatoms. The fraction of sp³-hybridized carbons (Fsp3) is 0.182. The van der Waals surface area contributed by atoms with Gasteiger partial charge in [-0.3, -0.25) is 14.8 Å². The summed E-state index contributed by atoms with van der Waals surface area (Å²) < 4.78 is 7.06. The van der Waals surface area contributed by atoms with E-state index in [-0.39, 0.29) is 18.0 Å². The molecule has 1 aromatic heterocycles. The Balaban J connectivity index is 2.13. The van der Waals surface area contributed by atoms with Crippen molar-refractivity contribution < 1.29 is 9.66 Å². The van der Waals surface area contributed by atoms with Crippen molar-refractivity contribution in [3.63, 3.8) is 0 Å². The standard InChI is InChI=1S/C11H10ClN3O3/c1-14-5-4-8(13-14)7-18-11-6-9(15(16)17)2-3-10(11)12/h2-6H,7H2,1H3. The van der Waals surface area contributed by atoms with Crippen LogP contribution in [0.2, 0.25) is 5.02 Å². The Kier molecular flexibility index (Phi) is 3.47. The van der Waals surface area contributed by atoms with Crippen LogP contribution in [0.25, 0.3) is 0 Å². The van der Waals surface area contributed by atoms with E-state index in [0.717, 1.165) is 5.69 Å². The fourth-order valence-corrected chi connectivity index (χ4v) is 1.58. The van der Waals surface area contributed by atoms with Gasteiger partial charge in [0.1, 0.15) is 12.4 Å². The summed E-state index contributed by atoms with van der Waals surface area (Å²) in [4.78, 5) is 10.1. The third kappa shape index (κ3) is 2.78. The molecule has 0 amide bonds. The fourth-order valence-electron chi connectivity index (χ4n) is 1.41. The molecule has 0 radical (unpaired) electrons. The first-order valence-corrected chi connectivity index (χ1v) is 5.49. The van der Waals surface area contributed by atoms with E-state index in [0.29, 0.717) is 5.02 Å². The molecule has 0 N–H and O–H groups in total. The molecule has 0 bridgehead atoms. The lowest BCUT2D eigenvalue weighted by Gasteiger charge is -2.05. The summed E-state index contributed by atoms with van der Waals surface area (Å²) in [7, 11) is 1.80. The Morgan fingerprint density at radius 3 is 2.89 bits per heavy atom. The van der Waals surface area contributed by atoms with E-state index in [4.69, 9.17) is 16.3 Å². The minimum absolute atomic E-state index is 0.0598. The van der Waals surface area contributed by atoms with Crippen molar-refractivity contribution in [3.8, 4) is 5.75 Å². The van der Waals surface area contributed by atoms with Crippen LogP contribution in [0, 0.1) is 10.1 Å². The number of ether oxygens (including phenoxy) is 1. The average Bonchev–Trinajstić information content (AvgIpc) is 2.74. The number of nitrogens with zero attached hydrogens (tertiary/aromatic N) is 3. The zero-order valence-electron chi connectivity index (χ0n) is 9.54. The highest BCUT2D eigenvalue weighted by atomic mass is 35.5. The first-order chi connectivity index (χ1) is 8.56. The summed E-state index contributed by atoms with van der Waals surface area (Å²) >= 11 is 5.90. The van der Waals surface area contributed by atoms with Gasteiger partial charge in [-0.2, -0.15) is 5.10 Å². The van der Waals surface area contributed by atoms with E-state index in [9.17, 15) is 10.1 Å². The van der Waals surface area contributed by atoms with Gasteiger partial charge in [-0.05, 0) is 12.1 Å². The van der Waals surface area contributed by atoms with Gasteiger partial charge >= 0.3 is 0 Å². The molecule has 0 aliphatic rings. The second-order valence-corrected chi connectivity index (χ2v) is 4.05. The van der Waals surface area contributed by atoms with Gasteiger partial charge in [0, 0.05) is 19.3 Å². The third-order valence-electron chi connectivity index (χ3n) is 2.27. The molecule has 0 atom stereocenters. The van der Waals surface area contributed by atoms with Gasteiger partial charge in [-0.15, -0.1) is 0 Å². The Hall–Kier alpha value is -2.08. The van der Waals surface area contributed by atoms with Gasteiger partial charge in [0.25, 0.3) is 5.69 Å². The van der Waals surface area contributed by atoms with Gasteiger partial charge in [0.15, 0.2) is 0 Å². The topological polar surface area (TPSA) is 70.2 Å². The van der Waals surface area contributed by atoms with E-state index < -0.39 is 4.92 Å². The predicted molar refractivity (Wildman–Crippen MR) is 65.6 cm³/mol. The van der Waals surface area contributed by atoms with Gasteiger partial charge < -0.3 is 4.74 Å². The summed E-state index contributed by atoms with van der Waals surface area (Å²) in [5, 5.41) is 15.1. The number of halogens is 1. The number of nitro benzene ring substituents is 1. The number of hydrogen-bond acceptors (Lipinski definition) is 4. The second-order valence-electron chi connectivity index (χ2n) is 3.64. The predicted octanol–water partition coefficient (Wildman–Crippen LogP) is 2.56. The summed E-state index contributed by atoms with van der Waals surface area (Å²) in [6, 6.07) is 5.86. The van der Waals surface area contributed by atoms with E-state index in [2.05, 4.69) is 5.10 Å². The molecule has 1 aromatic carbocycles. The third-order valence-corrected chi connectivity index (χ3v) is 2.58. The van der Waals surface area contributed by atoms with E-state index in [1.165, 1.54) is 18.2 Å². The van der Waals surface area contributed by atoms with Crippen molar-refractivity contribution in [2.24, 2.45) is 7.05 Å². The number of aryl methyl sites for hydroxylation is 1. The smallest absolute Gasteiger partial charge is 0.273 e. The molecule has 0 saturated heterocycles. The number of aromatic nitrogens is 2. The average molecular weight is 268 g/mol. The summed E-state index contributed by atoms with van der Waals surface area (Å²) in [5.41, 5.74) is 0.662. The van der Waals surface area contributed by atoms with Crippen LogP contribution in [0.1, 0.15) is 5.69 Å². The van der Waals surface area contributed by atoms with Crippen molar-refractivity contribution in [2.75, 3.05) is 0 Å². The van der Waals surface area contributed by atoms with Gasteiger partial charge in [0.2, 0.25) is 0 Å². The molecule has 94 valence electrons. The van der Waals surface area contributed by atoms with E-state index in [1.807, 2.05) is 0 Å². The van der Waals surface area contributed by atoms with Gasteiger partial charge in [-0.25, -0.2) is 0 Å². The van der Waals surface area contributed by atoms with Crippen molar-refractivity contribution in [1.29, 1.82) is 0 Å². The Bertz CT molecular complexity index is 583. The zero-order chi connectivity index (χ0) is 13.1. The molecular formula is C11H10ClN3O3. The van der Waals surface area contributed by atoms with Crippen molar-refractivity contribution >= 4 is 17.3 Å². The molecular weight excluding hydrogens is 258 g/mol. The van der Waals surface area contributed by atoms with Gasteiger partial charge in [0.05, 0.1) is 21.7 Å². The maximum Gasteiger partial charge on any atom is 0.273 e. The van der Waals surface area contributed by atoms with E-state index in [1.54, 1.807) is 24.0 Å². The Morgan fingerprint density at radius 2 is 2.28 bits per heavy atom. The quantitative estimate of drug-likeness (QED) is 0.630. The van der Waals surface area contributed by atoms with Crippen molar-refractivity contribution in [2.45, 2.75) is 6.61 Å². The van der Waals surface area contributed by atoms with Crippen LogP contribution in [0.3, 0.4) is 0 Å². The number of nitro groups is 1. The molecule has 0 unspecified atom stereocenters. The Labute approximate surface area is 108 Å². The molecule has 0 fully saturated rings. The normalized spacial score (nSPS) is 10.3. The maximum atomic E-state index is 10.6. The maximum absolute atomic E-state index is 10.6. The highest BCUT2D eigenvalue weighted by Gasteiger charge is 2.11. The van der Waals surface area contributed by atoms with Crippen molar-refractivity contribution in [3.05, 3.63) is 51.3 Å². The Morgan fingerprint density at radius 1 is 1.50 bits per heavy atom. The van der Waals surface area contributed by atoms with Crippen molar-refractivity contribution in [1.82, 2.24) is 9.78 Å². The van der Waals surface area contributed by atoms with Crippen LogP contribution >= 0.6 is 11.6 Å². The summed E-state index contributed by atoms with van der Waals surface area (Å²) in [6.07, 6.45) is 1.79. The first-order valence-electron chi connectivity index (χ1n) is 5.11. The van der Waals surface area contributed by atoms with E-state index >= 15 is 0 Å². The molecule has 0 aliphatic carbocycles. The van der Waals surface area contributed by atoms with Crippen LogP contribution in [0.5, 0.6) is 5.75 Å². The highest BCUT2D eigenvalue weighted by molar-refractivity contribution is 6.32. The number of benzene rings is 1. The van der Waals surface area contributed by atoms with Gasteiger partial charge in [-0.1, -0.05) is 11.6 Å². The molecule has 6 nitrogen and oxygen atoms in total. The zero-order valence-corrected chi connectivity index (χ0v) is 10.3. The lowest BCUT2D eigenvalue weighted by molar-refractivity contribution is -0.384. The van der Waals surface area contributed by atoms with Crippen LogP contribution in [0.15, 0.2) is 30.5 Å².